The summed E-state index contributed by atoms with van der Waals surface area (Å²) in [6.07, 6.45) is 1.63. The topological polar surface area (TPSA) is 113 Å². The minimum Gasteiger partial charge on any atom is -0.493 e. The van der Waals surface area contributed by atoms with Crippen molar-refractivity contribution in [1.82, 2.24) is 10.1 Å². The van der Waals surface area contributed by atoms with Crippen molar-refractivity contribution in [2.45, 2.75) is 6.92 Å². The van der Waals surface area contributed by atoms with Crippen LogP contribution in [0.5, 0.6) is 23.0 Å². The SMILES string of the molecule is COc1cc2nccc(Oc3ccc(N(C(N)=O)c4cc(C)on4)c(Cl)c3)c2cc1OC. The first-order valence-corrected chi connectivity index (χ1v) is 9.80. The van der Waals surface area contributed by atoms with Crippen LogP contribution in [0.1, 0.15) is 5.76 Å². The van der Waals surface area contributed by atoms with Crippen molar-refractivity contribution in [3.05, 3.63) is 59.4 Å². The quantitative estimate of drug-likeness (QED) is 0.425. The number of hydrogen-bond donors (Lipinski definition) is 1. The maximum Gasteiger partial charge on any atom is 0.325 e. The molecule has 0 spiro atoms. The number of nitrogens with zero attached hydrogens (tertiary/aromatic N) is 3. The van der Waals surface area contributed by atoms with Crippen molar-refractivity contribution in [3.63, 3.8) is 0 Å². The summed E-state index contributed by atoms with van der Waals surface area (Å²) in [5, 5.41) is 4.80. The zero-order chi connectivity index (χ0) is 22.8. The van der Waals surface area contributed by atoms with Gasteiger partial charge in [0, 0.05) is 29.8 Å². The molecule has 2 amide bonds. The summed E-state index contributed by atoms with van der Waals surface area (Å²) in [7, 11) is 3.11. The third-order valence-corrected chi connectivity index (χ3v) is 4.96. The van der Waals surface area contributed by atoms with Gasteiger partial charge in [-0.3, -0.25) is 4.98 Å². The third kappa shape index (κ3) is 3.97. The maximum atomic E-state index is 12.0. The van der Waals surface area contributed by atoms with E-state index in [1.165, 1.54) is 0 Å². The number of aromatic nitrogens is 2. The summed E-state index contributed by atoms with van der Waals surface area (Å²) in [6.45, 7) is 1.71. The Labute approximate surface area is 188 Å². The Morgan fingerprint density at radius 3 is 2.44 bits per heavy atom. The highest BCUT2D eigenvalue weighted by atomic mass is 35.5. The second kappa shape index (κ2) is 8.64. The van der Waals surface area contributed by atoms with Gasteiger partial charge in [-0.15, -0.1) is 0 Å². The summed E-state index contributed by atoms with van der Waals surface area (Å²) in [5.41, 5.74) is 6.55. The molecule has 32 heavy (non-hydrogen) atoms. The number of urea groups is 1. The molecule has 0 aliphatic heterocycles. The van der Waals surface area contributed by atoms with Crippen molar-refractivity contribution < 1.29 is 23.5 Å². The number of rotatable bonds is 6. The molecule has 9 nitrogen and oxygen atoms in total. The second-order valence-electron chi connectivity index (χ2n) is 6.72. The van der Waals surface area contributed by atoms with Crippen LogP contribution in [0.4, 0.5) is 16.3 Å². The Bertz CT molecular complexity index is 1310. The predicted octanol–water partition coefficient (Wildman–Crippen LogP) is 5.21. The predicted molar refractivity (Wildman–Crippen MR) is 119 cm³/mol. The fourth-order valence-corrected chi connectivity index (χ4v) is 3.46. The Balaban J connectivity index is 1.70. The number of benzene rings is 2. The van der Waals surface area contributed by atoms with E-state index >= 15 is 0 Å². The minimum absolute atomic E-state index is 0.228. The Morgan fingerprint density at radius 2 is 1.81 bits per heavy atom. The van der Waals surface area contributed by atoms with Gasteiger partial charge < -0.3 is 24.5 Å². The molecule has 0 fully saturated rings. The molecule has 4 rings (SSSR count). The van der Waals surface area contributed by atoms with Gasteiger partial charge in [0.25, 0.3) is 0 Å². The van der Waals surface area contributed by atoms with Crippen LogP contribution >= 0.6 is 11.6 Å². The Hall–Kier alpha value is -3.98. The van der Waals surface area contributed by atoms with Gasteiger partial charge in [0.2, 0.25) is 0 Å². The van der Waals surface area contributed by atoms with Crippen LogP contribution in [-0.2, 0) is 0 Å². The van der Waals surface area contributed by atoms with Crippen molar-refractivity contribution in [3.8, 4) is 23.0 Å². The number of ether oxygens (including phenoxy) is 3. The van der Waals surface area contributed by atoms with E-state index in [2.05, 4.69) is 10.1 Å². The van der Waals surface area contributed by atoms with E-state index in [0.29, 0.717) is 40.0 Å². The maximum absolute atomic E-state index is 12.0. The van der Waals surface area contributed by atoms with Crippen molar-refractivity contribution in [2.24, 2.45) is 5.73 Å². The zero-order valence-electron chi connectivity index (χ0n) is 17.5. The van der Waals surface area contributed by atoms with E-state index < -0.39 is 6.03 Å². The highest BCUT2D eigenvalue weighted by molar-refractivity contribution is 6.34. The number of carbonyl (C=O) groups excluding carboxylic acids is 1. The van der Waals surface area contributed by atoms with Gasteiger partial charge in [0.15, 0.2) is 17.3 Å². The molecule has 10 heteroatoms. The summed E-state index contributed by atoms with van der Waals surface area (Å²) in [5.74, 6) is 2.85. The van der Waals surface area contributed by atoms with Crippen molar-refractivity contribution in [1.29, 1.82) is 0 Å². The van der Waals surface area contributed by atoms with E-state index in [1.54, 1.807) is 69.8 Å². The number of pyridine rings is 1. The van der Waals surface area contributed by atoms with E-state index in [4.69, 9.17) is 36.1 Å². The van der Waals surface area contributed by atoms with Gasteiger partial charge in [-0.25, -0.2) is 9.69 Å². The number of methoxy groups -OCH3 is 2. The van der Waals surface area contributed by atoms with Crippen molar-refractivity contribution >= 4 is 40.0 Å². The molecule has 2 heterocycles. The van der Waals surface area contributed by atoms with E-state index in [0.717, 1.165) is 10.3 Å². The van der Waals surface area contributed by atoms with Crippen LogP contribution in [-0.4, -0.2) is 30.4 Å². The molecule has 0 bridgehead atoms. The van der Waals surface area contributed by atoms with E-state index in [-0.39, 0.29) is 10.8 Å². The van der Waals surface area contributed by atoms with Crippen LogP contribution < -0.4 is 24.8 Å². The lowest BCUT2D eigenvalue weighted by atomic mass is 10.2. The molecule has 164 valence electrons. The van der Waals surface area contributed by atoms with Gasteiger partial charge in [-0.05, 0) is 31.2 Å². The molecule has 0 unspecified atom stereocenters. The van der Waals surface area contributed by atoms with Crippen LogP contribution in [0.3, 0.4) is 0 Å². The average molecular weight is 455 g/mol. The Kier molecular flexibility index (Phi) is 5.74. The normalized spacial score (nSPS) is 10.8. The summed E-state index contributed by atoms with van der Waals surface area (Å²) in [6, 6.07) is 11.0. The third-order valence-electron chi connectivity index (χ3n) is 4.66. The smallest absolute Gasteiger partial charge is 0.325 e. The number of halogens is 1. The van der Waals surface area contributed by atoms with Gasteiger partial charge >= 0.3 is 6.03 Å². The van der Waals surface area contributed by atoms with Crippen LogP contribution in [0.2, 0.25) is 5.02 Å². The summed E-state index contributed by atoms with van der Waals surface area (Å²) < 4.78 is 21.8. The molecular weight excluding hydrogens is 436 g/mol. The molecule has 0 radical (unpaired) electrons. The van der Waals surface area contributed by atoms with Gasteiger partial charge in [-0.1, -0.05) is 16.8 Å². The standard InChI is InChI=1S/C22H19ClN4O5/c1-12-8-21(26-32-12)27(22(24)28)17-5-4-13(9-15(17)23)31-18-6-7-25-16-11-20(30-3)19(29-2)10-14(16)18/h4-11H,1-3H3,(H2,24,28). The van der Waals surface area contributed by atoms with Crippen molar-refractivity contribution in [2.75, 3.05) is 19.1 Å². The van der Waals surface area contributed by atoms with Gasteiger partial charge in [0.1, 0.15) is 17.3 Å². The second-order valence-corrected chi connectivity index (χ2v) is 7.13. The van der Waals surface area contributed by atoms with Gasteiger partial charge in [-0.2, -0.15) is 0 Å². The summed E-state index contributed by atoms with van der Waals surface area (Å²) >= 11 is 6.46. The largest absolute Gasteiger partial charge is 0.493 e. The molecule has 2 aromatic carbocycles. The first kappa shape index (κ1) is 21.3. The van der Waals surface area contributed by atoms with Crippen LogP contribution in [0.15, 0.2) is 53.2 Å². The number of anilines is 2. The lowest BCUT2D eigenvalue weighted by Gasteiger charge is -2.19. The lowest BCUT2D eigenvalue weighted by Crippen LogP contribution is -2.31. The monoisotopic (exact) mass is 454 g/mol. The molecule has 0 saturated carbocycles. The lowest BCUT2D eigenvalue weighted by molar-refractivity contribution is 0.255. The first-order chi connectivity index (χ1) is 15.4. The van der Waals surface area contributed by atoms with Crippen LogP contribution in [0.25, 0.3) is 10.9 Å². The number of nitrogens with two attached hydrogens (primary N) is 1. The molecule has 4 aromatic rings. The van der Waals surface area contributed by atoms with E-state index in [9.17, 15) is 4.79 Å². The molecule has 0 aliphatic rings. The number of amides is 2. The van der Waals surface area contributed by atoms with Gasteiger partial charge in [0.05, 0.1) is 30.4 Å². The molecular formula is C22H19ClN4O5. The average Bonchev–Trinajstić information content (AvgIpc) is 3.20. The molecule has 0 saturated heterocycles. The van der Waals surface area contributed by atoms with Crippen LogP contribution in [0, 0.1) is 6.92 Å². The molecule has 2 N–H and O–H groups in total. The van der Waals surface area contributed by atoms with E-state index in [1.807, 2.05) is 0 Å². The fourth-order valence-electron chi connectivity index (χ4n) is 3.21. The number of carbonyl (C=O) groups is 1. The first-order valence-electron chi connectivity index (χ1n) is 9.42. The molecule has 2 aromatic heterocycles. The minimum atomic E-state index is -0.755. The number of fused-ring (bicyclic) bond motifs is 1. The summed E-state index contributed by atoms with van der Waals surface area (Å²) in [4.78, 5) is 17.6. The Morgan fingerprint density at radius 1 is 1.06 bits per heavy atom. The highest BCUT2D eigenvalue weighted by Gasteiger charge is 2.22. The number of aryl methyl sites for hydroxylation is 1. The molecule has 0 atom stereocenters. The highest BCUT2D eigenvalue weighted by Crippen LogP contribution is 2.39. The molecule has 0 aliphatic carbocycles. The number of primary amides is 1. The fraction of sp³-hybridized carbons (Fsp3) is 0.136. The number of hydrogen-bond acceptors (Lipinski definition) is 7. The zero-order valence-corrected chi connectivity index (χ0v) is 18.2.